The van der Waals surface area contributed by atoms with E-state index in [-0.39, 0.29) is 15.2 Å². The summed E-state index contributed by atoms with van der Waals surface area (Å²) in [5, 5.41) is 13.6. The van der Waals surface area contributed by atoms with E-state index in [9.17, 15) is 10.0 Å². The van der Waals surface area contributed by atoms with E-state index in [1.807, 2.05) is 51.1 Å². The molecular formula is C15H19INO2. The van der Waals surface area contributed by atoms with Crippen molar-refractivity contribution in [3.63, 3.8) is 0 Å². The van der Waals surface area contributed by atoms with Crippen molar-refractivity contribution in [3.8, 4) is 0 Å². The summed E-state index contributed by atoms with van der Waals surface area (Å²) in [6.07, 6.45) is 1.59. The van der Waals surface area contributed by atoms with Crippen LogP contribution in [0.1, 0.15) is 44.0 Å². The largest absolute Gasteiger partial charge is 0.293 e. The first-order valence-corrected chi connectivity index (χ1v) is 7.74. The van der Waals surface area contributed by atoms with Crippen molar-refractivity contribution in [1.82, 2.24) is 5.06 Å². The van der Waals surface area contributed by atoms with Gasteiger partial charge in [0.15, 0.2) is 5.78 Å². The molecule has 1 fully saturated rings. The number of carbonyl (C=O) groups is 1. The van der Waals surface area contributed by atoms with Gasteiger partial charge in [-0.05, 0) is 33.6 Å². The molecule has 0 aliphatic carbocycles. The molecule has 2 rings (SSSR count). The van der Waals surface area contributed by atoms with Gasteiger partial charge in [-0.15, -0.1) is 10.3 Å². The van der Waals surface area contributed by atoms with Crippen molar-refractivity contribution in [2.75, 3.05) is 0 Å². The molecule has 1 aromatic carbocycles. The lowest BCUT2D eigenvalue weighted by Gasteiger charge is -2.37. The minimum Gasteiger partial charge on any atom is -0.293 e. The SMILES string of the molecule is CC1(C)CCC(C)(C(I)C(=O)c2ccccc2)N1[O]. The van der Waals surface area contributed by atoms with Gasteiger partial charge in [-0.2, -0.15) is 0 Å². The van der Waals surface area contributed by atoms with Crippen LogP contribution in [0.2, 0.25) is 0 Å². The fourth-order valence-electron chi connectivity index (χ4n) is 2.71. The third-order valence-corrected chi connectivity index (χ3v) is 6.00. The van der Waals surface area contributed by atoms with E-state index >= 15 is 0 Å². The molecule has 0 spiro atoms. The highest BCUT2D eigenvalue weighted by Gasteiger charge is 2.53. The van der Waals surface area contributed by atoms with Gasteiger partial charge in [0.05, 0.1) is 9.46 Å². The second kappa shape index (κ2) is 5.14. The van der Waals surface area contributed by atoms with E-state index in [2.05, 4.69) is 22.6 Å². The van der Waals surface area contributed by atoms with Crippen LogP contribution in [-0.4, -0.2) is 25.8 Å². The Bertz CT molecular complexity index is 474. The minimum atomic E-state index is -0.614. The highest BCUT2D eigenvalue weighted by molar-refractivity contribution is 14.1. The van der Waals surface area contributed by atoms with Gasteiger partial charge < -0.3 is 0 Å². The molecule has 19 heavy (non-hydrogen) atoms. The maximum atomic E-state index is 12.5. The van der Waals surface area contributed by atoms with E-state index in [0.717, 1.165) is 17.9 Å². The standard InChI is InChI=1S/C15H19INO2/c1-14(2)9-10-15(3,17(14)19)13(16)12(18)11-7-5-4-6-8-11/h4-8,13H,9-10H2,1-3H3. The minimum absolute atomic E-state index is 0.0438. The summed E-state index contributed by atoms with van der Waals surface area (Å²) < 4.78 is -0.327. The molecule has 3 nitrogen and oxygen atoms in total. The number of alkyl halides is 1. The summed E-state index contributed by atoms with van der Waals surface area (Å²) in [5.41, 5.74) is -0.312. The molecule has 1 aromatic rings. The number of benzene rings is 1. The number of hydrogen-bond donors (Lipinski definition) is 0. The van der Waals surface area contributed by atoms with Crippen LogP contribution in [0.15, 0.2) is 30.3 Å². The van der Waals surface area contributed by atoms with Crippen LogP contribution in [0.4, 0.5) is 0 Å². The Hall–Kier alpha value is -0.460. The molecule has 4 heteroatoms. The molecule has 0 bridgehead atoms. The summed E-state index contributed by atoms with van der Waals surface area (Å²) >= 11 is 2.13. The molecule has 0 amide bonds. The molecule has 0 aromatic heterocycles. The van der Waals surface area contributed by atoms with Crippen LogP contribution >= 0.6 is 22.6 Å². The third-order valence-electron chi connectivity index (χ3n) is 4.09. The zero-order valence-electron chi connectivity index (χ0n) is 11.5. The van der Waals surface area contributed by atoms with Crippen molar-refractivity contribution in [2.24, 2.45) is 0 Å². The molecule has 1 heterocycles. The summed E-state index contributed by atoms with van der Waals surface area (Å²) in [7, 11) is 0. The number of ketones is 1. The van der Waals surface area contributed by atoms with E-state index in [4.69, 9.17) is 0 Å². The van der Waals surface area contributed by atoms with Gasteiger partial charge in [0, 0.05) is 11.1 Å². The first-order valence-electron chi connectivity index (χ1n) is 6.50. The molecule has 1 aliphatic rings. The van der Waals surface area contributed by atoms with Crippen LogP contribution in [0.25, 0.3) is 0 Å². The normalized spacial score (nSPS) is 28.3. The first kappa shape index (κ1) is 14.9. The van der Waals surface area contributed by atoms with Gasteiger partial charge in [0.2, 0.25) is 0 Å². The lowest BCUT2D eigenvalue weighted by atomic mass is 9.90. The first-order chi connectivity index (χ1) is 8.79. The monoisotopic (exact) mass is 372 g/mol. The Balaban J connectivity index is 2.25. The molecule has 2 atom stereocenters. The van der Waals surface area contributed by atoms with E-state index in [1.54, 1.807) is 0 Å². The van der Waals surface area contributed by atoms with E-state index in [0.29, 0.717) is 5.56 Å². The number of hydroxylamine groups is 2. The van der Waals surface area contributed by atoms with Gasteiger partial charge in [0.1, 0.15) is 0 Å². The van der Waals surface area contributed by atoms with E-state index in [1.165, 1.54) is 0 Å². The van der Waals surface area contributed by atoms with E-state index < -0.39 is 5.54 Å². The Morgan fingerprint density at radius 3 is 2.26 bits per heavy atom. The van der Waals surface area contributed by atoms with Crippen LogP contribution in [-0.2, 0) is 5.21 Å². The Morgan fingerprint density at radius 1 is 1.21 bits per heavy atom. The van der Waals surface area contributed by atoms with Gasteiger partial charge in [0.25, 0.3) is 0 Å². The number of hydrogen-bond acceptors (Lipinski definition) is 2. The Morgan fingerprint density at radius 2 is 1.79 bits per heavy atom. The van der Waals surface area contributed by atoms with Crippen LogP contribution in [0.5, 0.6) is 0 Å². The average molecular weight is 372 g/mol. The van der Waals surface area contributed by atoms with Crippen molar-refractivity contribution in [3.05, 3.63) is 35.9 Å². The molecule has 1 saturated heterocycles. The number of carbonyl (C=O) groups excluding carboxylic acids is 1. The predicted octanol–water partition coefficient (Wildman–Crippen LogP) is 3.65. The molecule has 0 N–H and O–H groups in total. The smallest absolute Gasteiger partial charge is 0.177 e. The molecule has 1 radical (unpaired) electrons. The lowest BCUT2D eigenvalue weighted by Crippen LogP contribution is -2.53. The summed E-state index contributed by atoms with van der Waals surface area (Å²) in [5.74, 6) is 0.0438. The number of nitrogens with zero attached hydrogens (tertiary/aromatic N) is 1. The third kappa shape index (κ3) is 2.58. The number of Topliss-reactive ketones (excluding diaryl/α,β-unsaturated/α-hetero) is 1. The summed E-state index contributed by atoms with van der Waals surface area (Å²) in [6, 6.07) is 9.22. The lowest BCUT2D eigenvalue weighted by molar-refractivity contribution is -0.245. The number of halogens is 1. The van der Waals surface area contributed by atoms with Crippen LogP contribution in [0, 0.1) is 0 Å². The van der Waals surface area contributed by atoms with Crippen molar-refractivity contribution >= 4 is 28.4 Å². The number of rotatable bonds is 3. The van der Waals surface area contributed by atoms with Crippen molar-refractivity contribution in [1.29, 1.82) is 0 Å². The van der Waals surface area contributed by atoms with Crippen LogP contribution in [0.3, 0.4) is 0 Å². The summed E-state index contributed by atoms with van der Waals surface area (Å²) in [6.45, 7) is 5.80. The zero-order chi connectivity index (χ0) is 14.3. The quantitative estimate of drug-likeness (QED) is 0.462. The second-order valence-corrected chi connectivity index (χ2v) is 7.30. The predicted molar refractivity (Wildman–Crippen MR) is 82.8 cm³/mol. The fraction of sp³-hybridized carbons (Fsp3) is 0.533. The fourth-order valence-corrected chi connectivity index (χ4v) is 3.64. The second-order valence-electron chi connectivity index (χ2n) is 6.06. The van der Waals surface area contributed by atoms with Gasteiger partial charge >= 0.3 is 0 Å². The molecule has 0 saturated carbocycles. The van der Waals surface area contributed by atoms with Gasteiger partial charge in [-0.3, -0.25) is 4.79 Å². The van der Waals surface area contributed by atoms with Gasteiger partial charge in [-0.25, -0.2) is 0 Å². The maximum Gasteiger partial charge on any atom is 0.177 e. The Kier molecular flexibility index (Phi) is 4.05. The molecule has 1 aliphatic heterocycles. The molecule has 103 valence electrons. The average Bonchev–Trinajstić information content (AvgIpc) is 2.63. The van der Waals surface area contributed by atoms with Crippen molar-refractivity contribution in [2.45, 2.75) is 48.6 Å². The molecule has 2 unspecified atom stereocenters. The van der Waals surface area contributed by atoms with Crippen LogP contribution < -0.4 is 0 Å². The molecular weight excluding hydrogens is 353 g/mol. The topological polar surface area (TPSA) is 40.2 Å². The summed E-state index contributed by atoms with van der Waals surface area (Å²) in [4.78, 5) is 12.5. The highest BCUT2D eigenvalue weighted by atomic mass is 127. The zero-order valence-corrected chi connectivity index (χ0v) is 13.7. The highest BCUT2D eigenvalue weighted by Crippen LogP contribution is 2.44. The van der Waals surface area contributed by atoms with Crippen molar-refractivity contribution < 1.29 is 10.0 Å². The maximum absolute atomic E-state index is 12.5. The Labute approximate surface area is 128 Å². The van der Waals surface area contributed by atoms with Gasteiger partial charge in [-0.1, -0.05) is 52.9 Å².